The van der Waals surface area contributed by atoms with E-state index in [-0.39, 0.29) is 5.92 Å². The normalized spacial score (nSPS) is 24.0. The molecule has 0 saturated carbocycles. The highest BCUT2D eigenvalue weighted by Crippen LogP contribution is 2.37. The Morgan fingerprint density at radius 2 is 2.38 bits per heavy atom. The van der Waals surface area contributed by atoms with Crippen molar-refractivity contribution in [2.24, 2.45) is 5.92 Å². The SMILES string of the molecule is CC(F)(c1cccc(C=O)c1)C1CCNC1. The molecule has 0 aliphatic carbocycles. The zero-order valence-corrected chi connectivity index (χ0v) is 9.37. The summed E-state index contributed by atoms with van der Waals surface area (Å²) < 4.78 is 14.7. The molecule has 1 aromatic rings. The zero-order chi connectivity index (χ0) is 11.6. The second-order valence-corrected chi connectivity index (χ2v) is 4.51. The van der Waals surface area contributed by atoms with Crippen molar-refractivity contribution >= 4 is 6.29 Å². The first kappa shape index (κ1) is 11.3. The van der Waals surface area contributed by atoms with Crippen LogP contribution in [0, 0.1) is 5.92 Å². The van der Waals surface area contributed by atoms with Gasteiger partial charge in [-0.05, 0) is 31.5 Å². The minimum Gasteiger partial charge on any atom is -0.316 e. The molecule has 1 heterocycles. The van der Waals surface area contributed by atoms with E-state index in [0.29, 0.717) is 17.7 Å². The molecular formula is C13H16FNO. The molecule has 1 aliphatic rings. The Morgan fingerprint density at radius 1 is 1.56 bits per heavy atom. The third kappa shape index (κ3) is 2.00. The van der Waals surface area contributed by atoms with Gasteiger partial charge in [0.1, 0.15) is 12.0 Å². The van der Waals surface area contributed by atoms with Crippen LogP contribution < -0.4 is 5.32 Å². The first-order valence-corrected chi connectivity index (χ1v) is 5.60. The Kier molecular flexibility index (Phi) is 3.06. The second-order valence-electron chi connectivity index (χ2n) is 4.51. The van der Waals surface area contributed by atoms with Gasteiger partial charge in [0.25, 0.3) is 0 Å². The number of aldehydes is 1. The van der Waals surface area contributed by atoms with Gasteiger partial charge in [0.2, 0.25) is 0 Å². The molecule has 2 unspecified atom stereocenters. The predicted molar refractivity (Wildman–Crippen MR) is 61.3 cm³/mol. The van der Waals surface area contributed by atoms with Gasteiger partial charge in [-0.1, -0.05) is 18.2 Å². The topological polar surface area (TPSA) is 29.1 Å². The number of alkyl halides is 1. The summed E-state index contributed by atoms with van der Waals surface area (Å²) in [5.41, 5.74) is -0.221. The van der Waals surface area contributed by atoms with Crippen LogP contribution in [0.1, 0.15) is 29.3 Å². The van der Waals surface area contributed by atoms with Gasteiger partial charge in [-0.3, -0.25) is 4.79 Å². The van der Waals surface area contributed by atoms with E-state index < -0.39 is 5.67 Å². The number of hydrogen-bond donors (Lipinski definition) is 1. The quantitative estimate of drug-likeness (QED) is 0.793. The third-order valence-electron chi connectivity index (χ3n) is 3.41. The number of benzene rings is 1. The summed E-state index contributed by atoms with van der Waals surface area (Å²) in [6.07, 6.45) is 1.60. The highest BCUT2D eigenvalue weighted by atomic mass is 19.1. The number of hydrogen-bond acceptors (Lipinski definition) is 2. The van der Waals surface area contributed by atoms with Crippen molar-refractivity contribution < 1.29 is 9.18 Å². The molecule has 0 amide bonds. The fraction of sp³-hybridized carbons (Fsp3) is 0.462. The predicted octanol–water partition coefficient (Wildman–Crippen LogP) is 2.29. The van der Waals surface area contributed by atoms with Crippen molar-refractivity contribution in [2.75, 3.05) is 13.1 Å². The summed E-state index contributed by atoms with van der Waals surface area (Å²) in [4.78, 5) is 10.7. The summed E-state index contributed by atoms with van der Waals surface area (Å²) in [5.74, 6) is -0.00518. The summed E-state index contributed by atoms with van der Waals surface area (Å²) >= 11 is 0. The van der Waals surface area contributed by atoms with Gasteiger partial charge in [-0.15, -0.1) is 0 Å². The Bertz CT molecular complexity index is 383. The van der Waals surface area contributed by atoms with Crippen LogP contribution in [-0.2, 0) is 5.67 Å². The molecule has 0 bridgehead atoms. The van der Waals surface area contributed by atoms with Crippen molar-refractivity contribution in [3.8, 4) is 0 Å². The summed E-state index contributed by atoms with van der Waals surface area (Å²) in [6, 6.07) is 6.83. The number of rotatable bonds is 3. The van der Waals surface area contributed by atoms with E-state index >= 15 is 0 Å². The molecule has 16 heavy (non-hydrogen) atoms. The number of halogens is 1. The largest absolute Gasteiger partial charge is 0.316 e. The van der Waals surface area contributed by atoms with Crippen molar-refractivity contribution in [3.05, 3.63) is 35.4 Å². The number of nitrogens with one attached hydrogen (secondary N) is 1. The fourth-order valence-corrected chi connectivity index (χ4v) is 2.27. The highest BCUT2D eigenvalue weighted by molar-refractivity contribution is 5.75. The molecule has 0 aromatic heterocycles. The van der Waals surface area contributed by atoms with E-state index in [2.05, 4.69) is 5.32 Å². The Balaban J connectivity index is 2.29. The minimum atomic E-state index is -1.36. The lowest BCUT2D eigenvalue weighted by molar-refractivity contribution is 0.110. The molecule has 0 radical (unpaired) electrons. The lowest BCUT2D eigenvalue weighted by Gasteiger charge is -2.27. The van der Waals surface area contributed by atoms with Crippen LogP contribution >= 0.6 is 0 Å². The monoisotopic (exact) mass is 221 g/mol. The highest BCUT2D eigenvalue weighted by Gasteiger charge is 2.37. The van der Waals surface area contributed by atoms with Crippen molar-refractivity contribution in [1.82, 2.24) is 5.32 Å². The second kappa shape index (κ2) is 4.34. The molecule has 0 spiro atoms. The van der Waals surface area contributed by atoms with E-state index in [0.717, 1.165) is 19.3 Å². The molecule has 1 fully saturated rings. The lowest BCUT2D eigenvalue weighted by Crippen LogP contribution is -2.29. The molecule has 1 saturated heterocycles. The van der Waals surface area contributed by atoms with E-state index in [9.17, 15) is 9.18 Å². The minimum absolute atomic E-state index is 0.00518. The molecule has 1 N–H and O–H groups in total. The molecule has 2 atom stereocenters. The van der Waals surface area contributed by atoms with Crippen LogP contribution in [0.2, 0.25) is 0 Å². The maximum absolute atomic E-state index is 14.7. The van der Waals surface area contributed by atoms with Gasteiger partial charge in [-0.25, -0.2) is 4.39 Å². The molecular weight excluding hydrogens is 205 g/mol. The molecule has 2 nitrogen and oxygen atoms in total. The molecule has 86 valence electrons. The average molecular weight is 221 g/mol. The van der Waals surface area contributed by atoms with Gasteiger partial charge >= 0.3 is 0 Å². The maximum Gasteiger partial charge on any atom is 0.150 e. The van der Waals surface area contributed by atoms with Crippen LogP contribution in [0.15, 0.2) is 24.3 Å². The van der Waals surface area contributed by atoms with E-state index in [4.69, 9.17) is 0 Å². The van der Waals surface area contributed by atoms with Gasteiger partial charge in [0.15, 0.2) is 0 Å². The van der Waals surface area contributed by atoms with E-state index in [1.807, 2.05) is 0 Å². The molecule has 3 heteroatoms. The standard InChI is InChI=1S/C13H16FNO/c1-13(14,12-5-6-15-8-12)11-4-2-3-10(7-11)9-16/h2-4,7,9,12,15H,5-6,8H2,1H3. The van der Waals surface area contributed by atoms with Gasteiger partial charge in [0, 0.05) is 18.0 Å². The Hall–Kier alpha value is -1.22. The lowest BCUT2D eigenvalue weighted by atomic mass is 9.83. The van der Waals surface area contributed by atoms with Crippen LogP contribution in [-0.4, -0.2) is 19.4 Å². The smallest absolute Gasteiger partial charge is 0.150 e. The van der Waals surface area contributed by atoms with Crippen LogP contribution in [0.5, 0.6) is 0 Å². The average Bonchev–Trinajstić information content (AvgIpc) is 2.83. The zero-order valence-electron chi connectivity index (χ0n) is 9.37. The Labute approximate surface area is 94.9 Å². The molecule has 2 rings (SSSR count). The fourth-order valence-electron chi connectivity index (χ4n) is 2.27. The van der Waals surface area contributed by atoms with Crippen LogP contribution in [0.3, 0.4) is 0 Å². The van der Waals surface area contributed by atoms with Gasteiger partial charge < -0.3 is 5.32 Å². The third-order valence-corrected chi connectivity index (χ3v) is 3.41. The summed E-state index contributed by atoms with van der Waals surface area (Å²) in [7, 11) is 0. The number of carbonyl (C=O) groups excluding carboxylic acids is 1. The Morgan fingerprint density at radius 3 is 3.00 bits per heavy atom. The maximum atomic E-state index is 14.7. The summed E-state index contributed by atoms with van der Waals surface area (Å²) in [5, 5.41) is 3.17. The first-order chi connectivity index (χ1) is 7.64. The van der Waals surface area contributed by atoms with E-state index in [1.165, 1.54) is 0 Å². The van der Waals surface area contributed by atoms with Crippen LogP contribution in [0.25, 0.3) is 0 Å². The molecule has 1 aromatic carbocycles. The van der Waals surface area contributed by atoms with Crippen molar-refractivity contribution in [1.29, 1.82) is 0 Å². The van der Waals surface area contributed by atoms with Crippen molar-refractivity contribution in [2.45, 2.75) is 19.0 Å². The van der Waals surface area contributed by atoms with E-state index in [1.54, 1.807) is 31.2 Å². The van der Waals surface area contributed by atoms with Gasteiger partial charge in [-0.2, -0.15) is 0 Å². The van der Waals surface area contributed by atoms with Gasteiger partial charge in [0.05, 0.1) is 0 Å². The summed E-state index contributed by atoms with van der Waals surface area (Å²) in [6.45, 7) is 3.18. The first-order valence-electron chi connectivity index (χ1n) is 5.60. The molecule has 1 aliphatic heterocycles. The van der Waals surface area contributed by atoms with Crippen LogP contribution in [0.4, 0.5) is 4.39 Å². The number of carbonyl (C=O) groups is 1. The van der Waals surface area contributed by atoms with Crippen molar-refractivity contribution in [3.63, 3.8) is 0 Å².